The summed E-state index contributed by atoms with van der Waals surface area (Å²) in [5.41, 5.74) is 1.14. The van der Waals surface area contributed by atoms with E-state index in [2.05, 4.69) is 30.3 Å². The zero-order valence-corrected chi connectivity index (χ0v) is 11.0. The van der Waals surface area contributed by atoms with Crippen LogP contribution in [-0.2, 0) is 0 Å². The van der Waals surface area contributed by atoms with Crippen molar-refractivity contribution < 1.29 is 9.47 Å². The summed E-state index contributed by atoms with van der Waals surface area (Å²) in [5.74, 6) is 1.65. The van der Waals surface area contributed by atoms with E-state index in [9.17, 15) is 0 Å². The first-order chi connectivity index (χ1) is 9.90. The fourth-order valence-corrected chi connectivity index (χ4v) is 2.59. The van der Waals surface area contributed by atoms with Crippen LogP contribution in [0.4, 0.5) is 0 Å². The van der Waals surface area contributed by atoms with Crippen molar-refractivity contribution in [2.45, 2.75) is 6.10 Å². The van der Waals surface area contributed by atoms with Crippen molar-refractivity contribution in [3.63, 3.8) is 0 Å². The quantitative estimate of drug-likeness (QED) is 0.649. The molecule has 0 bridgehead atoms. The summed E-state index contributed by atoms with van der Waals surface area (Å²) >= 11 is 0. The standard InChI is InChI=1S/C18H14O2/c1-2-6-13(7-3-1)18-12-19-16-10-14-8-4-5-9-15(14)11-17(16)20-18/h1-11,18H,12H2. The highest BCUT2D eigenvalue weighted by Crippen LogP contribution is 2.39. The number of rotatable bonds is 1. The van der Waals surface area contributed by atoms with Gasteiger partial charge in [0.15, 0.2) is 17.6 Å². The van der Waals surface area contributed by atoms with E-state index in [0.29, 0.717) is 6.61 Å². The van der Waals surface area contributed by atoms with Crippen LogP contribution in [0.2, 0.25) is 0 Å². The van der Waals surface area contributed by atoms with Gasteiger partial charge in [-0.2, -0.15) is 0 Å². The minimum Gasteiger partial charge on any atom is -0.485 e. The molecule has 0 saturated heterocycles. The lowest BCUT2D eigenvalue weighted by molar-refractivity contribution is 0.0917. The van der Waals surface area contributed by atoms with Crippen LogP contribution in [-0.4, -0.2) is 6.61 Å². The van der Waals surface area contributed by atoms with Crippen LogP contribution >= 0.6 is 0 Å². The molecular formula is C18H14O2. The fraction of sp³-hybridized carbons (Fsp3) is 0.111. The van der Waals surface area contributed by atoms with Crippen LogP contribution in [0, 0.1) is 0 Å². The number of benzene rings is 3. The number of hydrogen-bond acceptors (Lipinski definition) is 2. The second-order valence-corrected chi connectivity index (χ2v) is 4.97. The van der Waals surface area contributed by atoms with Gasteiger partial charge in [-0.3, -0.25) is 0 Å². The molecule has 1 aliphatic rings. The third-order valence-corrected chi connectivity index (χ3v) is 3.64. The van der Waals surface area contributed by atoms with E-state index in [1.165, 1.54) is 10.8 Å². The molecule has 2 heteroatoms. The Morgan fingerprint density at radius 3 is 2.15 bits per heavy atom. The Labute approximate surface area is 117 Å². The Bertz CT molecular complexity index is 750. The molecule has 0 aromatic heterocycles. The molecule has 0 fully saturated rings. The van der Waals surface area contributed by atoms with Gasteiger partial charge >= 0.3 is 0 Å². The third kappa shape index (κ3) is 1.90. The van der Waals surface area contributed by atoms with Gasteiger partial charge in [0.25, 0.3) is 0 Å². The molecule has 20 heavy (non-hydrogen) atoms. The van der Waals surface area contributed by atoms with E-state index in [0.717, 1.165) is 17.1 Å². The SMILES string of the molecule is c1ccc(C2COc3cc4ccccc4cc3O2)cc1. The summed E-state index contributed by atoms with van der Waals surface area (Å²) in [5, 5.41) is 2.34. The van der Waals surface area contributed by atoms with Gasteiger partial charge in [0.2, 0.25) is 0 Å². The van der Waals surface area contributed by atoms with Crippen molar-refractivity contribution in [2.24, 2.45) is 0 Å². The van der Waals surface area contributed by atoms with Crippen LogP contribution in [0.25, 0.3) is 10.8 Å². The van der Waals surface area contributed by atoms with Crippen LogP contribution in [0.1, 0.15) is 11.7 Å². The first-order valence-electron chi connectivity index (χ1n) is 6.77. The number of ether oxygens (including phenoxy) is 2. The maximum Gasteiger partial charge on any atom is 0.162 e. The van der Waals surface area contributed by atoms with E-state index >= 15 is 0 Å². The molecule has 0 radical (unpaired) electrons. The van der Waals surface area contributed by atoms with Gasteiger partial charge in [0.1, 0.15) is 6.61 Å². The lowest BCUT2D eigenvalue weighted by Crippen LogP contribution is -2.21. The van der Waals surface area contributed by atoms with Crippen molar-refractivity contribution in [3.8, 4) is 11.5 Å². The molecule has 1 unspecified atom stereocenters. The second kappa shape index (κ2) is 4.57. The molecule has 0 saturated carbocycles. The Morgan fingerprint density at radius 1 is 0.750 bits per heavy atom. The van der Waals surface area contributed by atoms with E-state index in [4.69, 9.17) is 9.47 Å². The average Bonchev–Trinajstić information content (AvgIpc) is 2.53. The van der Waals surface area contributed by atoms with Gasteiger partial charge in [-0.15, -0.1) is 0 Å². The van der Waals surface area contributed by atoms with E-state index in [-0.39, 0.29) is 6.10 Å². The smallest absolute Gasteiger partial charge is 0.162 e. The van der Waals surface area contributed by atoms with E-state index in [1.54, 1.807) is 0 Å². The normalized spacial score (nSPS) is 17.1. The molecule has 1 atom stereocenters. The largest absolute Gasteiger partial charge is 0.485 e. The number of hydrogen-bond donors (Lipinski definition) is 0. The minimum atomic E-state index is -0.0372. The van der Waals surface area contributed by atoms with Gasteiger partial charge in [-0.1, -0.05) is 54.6 Å². The van der Waals surface area contributed by atoms with Crippen LogP contribution in [0.3, 0.4) is 0 Å². The van der Waals surface area contributed by atoms with Crippen LogP contribution < -0.4 is 9.47 Å². The summed E-state index contributed by atoms with van der Waals surface area (Å²) in [6.07, 6.45) is -0.0372. The summed E-state index contributed by atoms with van der Waals surface area (Å²) < 4.78 is 12.0. The van der Waals surface area contributed by atoms with Crippen molar-refractivity contribution in [2.75, 3.05) is 6.61 Å². The lowest BCUT2D eigenvalue weighted by atomic mass is 10.1. The highest BCUT2D eigenvalue weighted by molar-refractivity contribution is 5.86. The first kappa shape index (κ1) is 11.4. The monoisotopic (exact) mass is 262 g/mol. The Kier molecular flexibility index (Phi) is 2.59. The first-order valence-corrected chi connectivity index (χ1v) is 6.77. The molecule has 0 amide bonds. The summed E-state index contributed by atoms with van der Waals surface area (Å²) in [7, 11) is 0. The second-order valence-electron chi connectivity index (χ2n) is 4.97. The molecule has 3 aromatic carbocycles. The van der Waals surface area contributed by atoms with Crippen LogP contribution in [0.15, 0.2) is 66.7 Å². The summed E-state index contributed by atoms with van der Waals surface area (Å²) in [6.45, 7) is 0.551. The van der Waals surface area contributed by atoms with Gasteiger partial charge in [0, 0.05) is 0 Å². The molecule has 4 rings (SSSR count). The molecule has 0 spiro atoms. The van der Waals surface area contributed by atoms with Crippen molar-refractivity contribution >= 4 is 10.8 Å². The van der Waals surface area contributed by atoms with Gasteiger partial charge < -0.3 is 9.47 Å². The van der Waals surface area contributed by atoms with Gasteiger partial charge in [-0.25, -0.2) is 0 Å². The molecular weight excluding hydrogens is 248 g/mol. The van der Waals surface area contributed by atoms with Crippen molar-refractivity contribution in [1.82, 2.24) is 0 Å². The molecule has 98 valence electrons. The minimum absolute atomic E-state index is 0.0372. The Morgan fingerprint density at radius 2 is 1.40 bits per heavy atom. The average molecular weight is 262 g/mol. The lowest BCUT2D eigenvalue weighted by Gasteiger charge is -2.27. The predicted octanol–water partition coefficient (Wildman–Crippen LogP) is 4.35. The number of fused-ring (bicyclic) bond motifs is 2. The highest BCUT2D eigenvalue weighted by atomic mass is 16.6. The zero-order valence-electron chi connectivity index (χ0n) is 11.0. The van der Waals surface area contributed by atoms with E-state index < -0.39 is 0 Å². The fourth-order valence-electron chi connectivity index (χ4n) is 2.59. The third-order valence-electron chi connectivity index (χ3n) is 3.64. The van der Waals surface area contributed by atoms with E-state index in [1.807, 2.05) is 36.4 Å². The maximum absolute atomic E-state index is 6.10. The molecule has 1 aliphatic heterocycles. The topological polar surface area (TPSA) is 18.5 Å². The molecule has 3 aromatic rings. The van der Waals surface area contributed by atoms with Gasteiger partial charge in [-0.05, 0) is 28.5 Å². The van der Waals surface area contributed by atoms with Crippen LogP contribution in [0.5, 0.6) is 11.5 Å². The summed E-state index contributed by atoms with van der Waals surface area (Å²) in [4.78, 5) is 0. The van der Waals surface area contributed by atoms with Crippen molar-refractivity contribution in [1.29, 1.82) is 0 Å². The predicted molar refractivity (Wildman–Crippen MR) is 79.3 cm³/mol. The maximum atomic E-state index is 6.10. The van der Waals surface area contributed by atoms with Gasteiger partial charge in [0.05, 0.1) is 0 Å². The Hall–Kier alpha value is -2.48. The molecule has 1 heterocycles. The highest BCUT2D eigenvalue weighted by Gasteiger charge is 2.22. The summed E-state index contributed by atoms with van der Waals surface area (Å²) in [6, 6.07) is 22.5. The molecule has 0 N–H and O–H groups in total. The Balaban J connectivity index is 1.74. The zero-order chi connectivity index (χ0) is 13.4. The molecule has 2 nitrogen and oxygen atoms in total. The molecule has 0 aliphatic carbocycles. The van der Waals surface area contributed by atoms with Crippen molar-refractivity contribution in [3.05, 3.63) is 72.3 Å².